The van der Waals surface area contributed by atoms with E-state index in [9.17, 15) is 0 Å². The summed E-state index contributed by atoms with van der Waals surface area (Å²) in [4.78, 5) is 8.28. The standard InChI is InChI=1S/C77H82BN3Si/c1-73(2,3)55-34-39-65(60(45-55)52-28-20-16-21-29-52)79-68-44-54(51-26-18-15-19-27-51)32-37-63(68)78-64-38-33-57(75(7,8)9)47-69(64)80(66-40-35-56(74(4,5)6)46-61(66)53-30-22-17-23-31-53)71-49-58(48-70(79)72(71)78)81-67-41-36-59(82(12,13)14)50-62(67)76(10)42-24-25-43-77(76,81)11/h15-23,26-41,44-50H,24-25,42-43H2,1-14H3. The third-order valence-corrected chi connectivity index (χ3v) is 21.7. The molecule has 1 aliphatic carbocycles. The Bertz CT molecular complexity index is 3970. The molecule has 1 saturated carbocycles. The van der Waals surface area contributed by atoms with Crippen molar-refractivity contribution in [2.45, 2.75) is 149 Å². The Morgan fingerprint density at radius 2 is 0.854 bits per heavy atom. The summed E-state index contributed by atoms with van der Waals surface area (Å²) in [6.07, 6.45) is 4.72. The van der Waals surface area contributed by atoms with Gasteiger partial charge in [-0.2, -0.15) is 0 Å². The summed E-state index contributed by atoms with van der Waals surface area (Å²) in [6.45, 7) is 33.9. The maximum atomic E-state index is 2.86. The molecule has 412 valence electrons. The van der Waals surface area contributed by atoms with E-state index >= 15 is 0 Å². The fourth-order valence-electron chi connectivity index (χ4n) is 14.6. The Morgan fingerprint density at radius 3 is 1.37 bits per heavy atom. The minimum absolute atomic E-state index is 0.0524. The zero-order valence-electron chi connectivity index (χ0n) is 51.2. The Labute approximate surface area is 492 Å². The average Bonchev–Trinajstić information content (AvgIpc) is 1.33. The smallest absolute Gasteiger partial charge is 0.252 e. The summed E-state index contributed by atoms with van der Waals surface area (Å²) in [5.74, 6) is 0. The molecule has 13 rings (SSSR count). The molecular formula is C77H82BN3Si. The summed E-state index contributed by atoms with van der Waals surface area (Å²) in [7, 11) is -1.66. The van der Waals surface area contributed by atoms with E-state index in [2.05, 4.69) is 305 Å². The van der Waals surface area contributed by atoms with Crippen LogP contribution in [-0.4, -0.2) is 20.3 Å². The average molecular weight is 1090 g/mol. The van der Waals surface area contributed by atoms with Crippen molar-refractivity contribution in [3.05, 3.63) is 216 Å². The Morgan fingerprint density at radius 1 is 0.402 bits per heavy atom. The van der Waals surface area contributed by atoms with Crippen LogP contribution in [0.1, 0.15) is 124 Å². The van der Waals surface area contributed by atoms with Crippen molar-refractivity contribution < 1.29 is 0 Å². The molecule has 2 unspecified atom stereocenters. The zero-order chi connectivity index (χ0) is 57.5. The van der Waals surface area contributed by atoms with Crippen LogP contribution in [0.3, 0.4) is 0 Å². The topological polar surface area (TPSA) is 9.72 Å². The molecule has 0 amide bonds. The lowest BCUT2D eigenvalue weighted by Crippen LogP contribution is -2.61. The van der Waals surface area contributed by atoms with E-state index in [-0.39, 0.29) is 33.9 Å². The van der Waals surface area contributed by atoms with Crippen LogP contribution in [0.2, 0.25) is 19.6 Å². The van der Waals surface area contributed by atoms with Gasteiger partial charge < -0.3 is 14.7 Å². The largest absolute Gasteiger partial charge is 0.334 e. The van der Waals surface area contributed by atoms with Gasteiger partial charge in [0.2, 0.25) is 0 Å². The van der Waals surface area contributed by atoms with Crippen LogP contribution in [-0.2, 0) is 21.7 Å². The minimum Gasteiger partial charge on any atom is -0.334 e. The van der Waals surface area contributed by atoms with E-state index in [4.69, 9.17) is 0 Å². The molecule has 5 heteroatoms. The number of hydrogen-bond donors (Lipinski definition) is 0. The lowest BCUT2D eigenvalue weighted by atomic mass is 9.33. The highest BCUT2D eigenvalue weighted by Gasteiger charge is 2.58. The SMILES string of the molecule is CC(C)(C)c1ccc(N2c3cc(-c4ccccc4)ccc3B3c4ccc(C(C)(C)C)cc4N(c4ccc(C(C)(C)C)cc4-c4ccccc4)c4cc(N5c6ccc([Si](C)(C)C)cc6C6(C)CCCCC56C)cc2c43)c(-c2ccccc2)c1. The second-order valence-electron chi connectivity index (χ2n) is 29.0. The molecule has 0 radical (unpaired) electrons. The first-order chi connectivity index (χ1) is 38.9. The normalized spacial score (nSPS) is 18.4. The van der Waals surface area contributed by atoms with Crippen LogP contribution in [0.4, 0.5) is 45.5 Å². The molecule has 9 aromatic rings. The molecule has 0 N–H and O–H groups in total. The molecule has 82 heavy (non-hydrogen) atoms. The third kappa shape index (κ3) is 8.65. The molecule has 0 bridgehead atoms. The fourth-order valence-corrected chi connectivity index (χ4v) is 15.8. The zero-order valence-corrected chi connectivity index (χ0v) is 52.2. The Balaban J connectivity index is 1.21. The van der Waals surface area contributed by atoms with Gasteiger partial charge in [0.25, 0.3) is 6.71 Å². The highest BCUT2D eigenvalue weighted by atomic mass is 28.3. The van der Waals surface area contributed by atoms with Gasteiger partial charge in [-0.1, -0.05) is 246 Å². The van der Waals surface area contributed by atoms with Crippen molar-refractivity contribution in [1.29, 1.82) is 0 Å². The first-order valence-electron chi connectivity index (χ1n) is 30.4. The maximum Gasteiger partial charge on any atom is 0.252 e. The predicted octanol–water partition coefficient (Wildman–Crippen LogP) is 18.9. The molecule has 3 aliphatic heterocycles. The second-order valence-corrected chi connectivity index (χ2v) is 34.1. The van der Waals surface area contributed by atoms with Gasteiger partial charge in [0.15, 0.2) is 0 Å². The van der Waals surface area contributed by atoms with Crippen LogP contribution < -0.4 is 36.3 Å². The fraction of sp³-hybridized carbons (Fsp3) is 0.299. The lowest BCUT2D eigenvalue weighted by molar-refractivity contribution is 0.195. The molecule has 0 spiro atoms. The van der Waals surface area contributed by atoms with Gasteiger partial charge in [0.05, 0.1) is 25.0 Å². The van der Waals surface area contributed by atoms with Crippen molar-refractivity contribution in [3.8, 4) is 33.4 Å². The summed E-state index contributed by atoms with van der Waals surface area (Å²) >= 11 is 0. The van der Waals surface area contributed by atoms with Crippen molar-refractivity contribution in [2.24, 2.45) is 0 Å². The number of rotatable bonds is 7. The third-order valence-electron chi connectivity index (χ3n) is 19.6. The molecule has 1 fully saturated rings. The van der Waals surface area contributed by atoms with E-state index in [1.165, 1.54) is 137 Å². The summed E-state index contributed by atoms with van der Waals surface area (Å²) in [6, 6.07) is 76.0. The van der Waals surface area contributed by atoms with Crippen molar-refractivity contribution in [1.82, 2.24) is 0 Å². The van der Waals surface area contributed by atoms with Gasteiger partial charge >= 0.3 is 0 Å². The summed E-state index contributed by atoms with van der Waals surface area (Å²) < 4.78 is 0. The van der Waals surface area contributed by atoms with E-state index in [1.807, 2.05) is 0 Å². The van der Waals surface area contributed by atoms with Crippen LogP contribution >= 0.6 is 0 Å². The van der Waals surface area contributed by atoms with Crippen molar-refractivity contribution in [2.75, 3.05) is 14.7 Å². The monoisotopic (exact) mass is 1090 g/mol. The highest BCUT2D eigenvalue weighted by Crippen LogP contribution is 2.62. The van der Waals surface area contributed by atoms with Gasteiger partial charge in [0.1, 0.15) is 0 Å². The lowest BCUT2D eigenvalue weighted by Gasteiger charge is -2.51. The summed E-state index contributed by atoms with van der Waals surface area (Å²) in [5.41, 5.74) is 26.2. The predicted molar refractivity (Wildman–Crippen MR) is 359 cm³/mol. The van der Waals surface area contributed by atoms with Gasteiger partial charge in [-0.05, 0) is 152 Å². The quantitative estimate of drug-likeness (QED) is 0.147. The summed E-state index contributed by atoms with van der Waals surface area (Å²) in [5, 5.41) is 1.54. The van der Waals surface area contributed by atoms with Crippen molar-refractivity contribution >= 4 is 81.9 Å². The van der Waals surface area contributed by atoms with Gasteiger partial charge in [-0.3, -0.25) is 0 Å². The Hall–Kier alpha value is -7.34. The number of hydrogen-bond acceptors (Lipinski definition) is 3. The number of anilines is 8. The molecule has 9 aromatic carbocycles. The van der Waals surface area contributed by atoms with Gasteiger partial charge in [0, 0.05) is 50.7 Å². The molecule has 0 aromatic heterocycles. The van der Waals surface area contributed by atoms with E-state index < -0.39 is 8.07 Å². The van der Waals surface area contributed by atoms with Gasteiger partial charge in [-0.25, -0.2) is 0 Å². The number of fused-ring (bicyclic) bond motifs is 7. The number of nitrogens with zero attached hydrogens (tertiary/aromatic N) is 3. The van der Waals surface area contributed by atoms with Gasteiger partial charge in [-0.15, -0.1) is 0 Å². The highest BCUT2D eigenvalue weighted by molar-refractivity contribution is 7.00. The van der Waals surface area contributed by atoms with E-state index in [0.29, 0.717) is 0 Å². The first kappa shape index (κ1) is 53.9. The second kappa shape index (κ2) is 19.1. The first-order valence-corrected chi connectivity index (χ1v) is 33.9. The number of benzene rings is 9. The molecular weight excluding hydrogens is 1010 g/mol. The van der Waals surface area contributed by atoms with E-state index in [1.54, 1.807) is 5.19 Å². The van der Waals surface area contributed by atoms with E-state index in [0.717, 1.165) is 6.42 Å². The molecule has 3 nitrogen and oxygen atoms in total. The Kier molecular flexibility index (Phi) is 12.6. The van der Waals surface area contributed by atoms with Crippen LogP contribution in [0.15, 0.2) is 194 Å². The minimum atomic E-state index is -1.66. The molecule has 0 saturated heterocycles. The maximum absolute atomic E-state index is 2.86. The molecule has 3 heterocycles. The van der Waals surface area contributed by atoms with Crippen molar-refractivity contribution in [3.63, 3.8) is 0 Å². The molecule has 2 atom stereocenters. The molecule has 4 aliphatic rings. The van der Waals surface area contributed by atoms with Crippen LogP contribution in [0.25, 0.3) is 33.4 Å². The van der Waals surface area contributed by atoms with Crippen LogP contribution in [0, 0.1) is 0 Å². The van der Waals surface area contributed by atoms with Crippen LogP contribution in [0.5, 0.6) is 0 Å².